The molecule has 1 atom stereocenters. The number of aryl methyl sites for hydroxylation is 1. The first-order valence-electron chi connectivity index (χ1n) is 7.05. The Kier molecular flexibility index (Phi) is 5.56. The van der Waals surface area contributed by atoms with E-state index in [1.54, 1.807) is 11.3 Å². The summed E-state index contributed by atoms with van der Waals surface area (Å²) in [6.07, 6.45) is 2.94. The maximum absolute atomic E-state index is 5.97. The van der Waals surface area contributed by atoms with Crippen LogP contribution >= 0.6 is 11.3 Å². The number of nitrogens with zero attached hydrogens (tertiary/aromatic N) is 1. The van der Waals surface area contributed by atoms with Crippen molar-refractivity contribution < 1.29 is 4.74 Å². The average molecular weight is 290 g/mol. The number of thiazole rings is 1. The van der Waals surface area contributed by atoms with Gasteiger partial charge in [-0.2, -0.15) is 0 Å². The minimum atomic E-state index is 0.293. The smallest absolute Gasteiger partial charge is 0.140 e. The first kappa shape index (κ1) is 15.0. The standard InChI is InChI=1S/C16H22N2OS/c1-4-7-17-13(3)14-6-5-12(2)10-15(14)19-11-16-18-8-9-20-16/h5-6,8-10,13,17H,4,7,11H2,1-3H3. The van der Waals surface area contributed by atoms with E-state index in [0.717, 1.165) is 23.7 Å². The van der Waals surface area contributed by atoms with Crippen molar-refractivity contribution in [1.82, 2.24) is 10.3 Å². The van der Waals surface area contributed by atoms with Gasteiger partial charge in [0, 0.05) is 23.2 Å². The Hall–Kier alpha value is -1.39. The minimum absolute atomic E-state index is 0.293. The Balaban J connectivity index is 2.10. The molecular weight excluding hydrogens is 268 g/mol. The number of hydrogen-bond acceptors (Lipinski definition) is 4. The Labute approximate surface area is 125 Å². The van der Waals surface area contributed by atoms with Crippen molar-refractivity contribution in [1.29, 1.82) is 0 Å². The molecule has 0 radical (unpaired) electrons. The molecule has 0 aliphatic rings. The Morgan fingerprint density at radius 2 is 2.25 bits per heavy atom. The van der Waals surface area contributed by atoms with Gasteiger partial charge >= 0.3 is 0 Å². The molecule has 108 valence electrons. The van der Waals surface area contributed by atoms with E-state index in [0.29, 0.717) is 12.6 Å². The SMILES string of the molecule is CCCNC(C)c1ccc(C)cc1OCc1nccs1. The van der Waals surface area contributed by atoms with Gasteiger partial charge in [-0.05, 0) is 38.4 Å². The molecule has 4 heteroatoms. The summed E-state index contributed by atoms with van der Waals surface area (Å²) in [6.45, 7) is 7.99. The quantitative estimate of drug-likeness (QED) is 0.834. The zero-order valence-electron chi connectivity index (χ0n) is 12.3. The number of rotatable bonds is 7. The van der Waals surface area contributed by atoms with Gasteiger partial charge in [0.05, 0.1) is 0 Å². The van der Waals surface area contributed by atoms with E-state index >= 15 is 0 Å². The summed E-state index contributed by atoms with van der Waals surface area (Å²) in [4.78, 5) is 4.26. The second-order valence-corrected chi connectivity index (χ2v) is 5.91. The highest BCUT2D eigenvalue weighted by atomic mass is 32.1. The number of nitrogens with one attached hydrogen (secondary N) is 1. The third-order valence-corrected chi connectivity index (χ3v) is 3.92. The van der Waals surface area contributed by atoms with Crippen molar-refractivity contribution >= 4 is 11.3 Å². The molecule has 2 rings (SSSR count). The lowest BCUT2D eigenvalue weighted by atomic mass is 10.0. The van der Waals surface area contributed by atoms with Gasteiger partial charge in [0.2, 0.25) is 0 Å². The van der Waals surface area contributed by atoms with Gasteiger partial charge in [0.1, 0.15) is 17.4 Å². The fourth-order valence-corrected chi connectivity index (χ4v) is 2.59. The summed E-state index contributed by atoms with van der Waals surface area (Å²) in [5.41, 5.74) is 2.42. The number of benzene rings is 1. The molecule has 0 aliphatic carbocycles. The van der Waals surface area contributed by atoms with Crippen LogP contribution in [-0.4, -0.2) is 11.5 Å². The Morgan fingerprint density at radius 3 is 2.95 bits per heavy atom. The van der Waals surface area contributed by atoms with Gasteiger partial charge < -0.3 is 10.1 Å². The Bertz CT molecular complexity index is 525. The molecule has 1 unspecified atom stereocenters. The molecule has 1 N–H and O–H groups in total. The van der Waals surface area contributed by atoms with Gasteiger partial charge in [-0.15, -0.1) is 11.3 Å². The van der Waals surface area contributed by atoms with E-state index < -0.39 is 0 Å². The van der Waals surface area contributed by atoms with Gasteiger partial charge in [0.15, 0.2) is 0 Å². The lowest BCUT2D eigenvalue weighted by Gasteiger charge is -2.18. The average Bonchev–Trinajstić information content (AvgIpc) is 2.96. The zero-order chi connectivity index (χ0) is 14.4. The fourth-order valence-electron chi connectivity index (χ4n) is 2.06. The molecule has 20 heavy (non-hydrogen) atoms. The third-order valence-electron chi connectivity index (χ3n) is 3.17. The summed E-state index contributed by atoms with van der Waals surface area (Å²) < 4.78 is 5.97. The maximum atomic E-state index is 5.97. The second kappa shape index (κ2) is 7.41. The van der Waals surface area contributed by atoms with Crippen LogP contribution in [0.4, 0.5) is 0 Å². The van der Waals surface area contributed by atoms with Gasteiger partial charge in [-0.1, -0.05) is 19.1 Å². The number of hydrogen-bond donors (Lipinski definition) is 1. The van der Waals surface area contributed by atoms with Crippen molar-refractivity contribution in [2.45, 2.75) is 39.8 Å². The third kappa shape index (κ3) is 4.05. The van der Waals surface area contributed by atoms with E-state index in [2.05, 4.69) is 49.3 Å². The van der Waals surface area contributed by atoms with Crippen LogP contribution in [0.25, 0.3) is 0 Å². The van der Waals surface area contributed by atoms with E-state index in [9.17, 15) is 0 Å². The highest BCUT2D eigenvalue weighted by Gasteiger charge is 2.12. The lowest BCUT2D eigenvalue weighted by molar-refractivity contribution is 0.299. The van der Waals surface area contributed by atoms with Crippen molar-refractivity contribution in [2.24, 2.45) is 0 Å². The fraction of sp³-hybridized carbons (Fsp3) is 0.438. The van der Waals surface area contributed by atoms with Crippen LogP contribution in [-0.2, 0) is 6.61 Å². The topological polar surface area (TPSA) is 34.1 Å². The monoisotopic (exact) mass is 290 g/mol. The van der Waals surface area contributed by atoms with Crippen molar-refractivity contribution in [3.8, 4) is 5.75 Å². The highest BCUT2D eigenvalue weighted by Crippen LogP contribution is 2.27. The van der Waals surface area contributed by atoms with E-state index in [-0.39, 0.29) is 0 Å². The second-order valence-electron chi connectivity index (χ2n) is 4.93. The molecule has 1 aromatic heterocycles. The van der Waals surface area contributed by atoms with E-state index in [1.165, 1.54) is 11.1 Å². The molecule has 0 amide bonds. The molecule has 0 bridgehead atoms. The van der Waals surface area contributed by atoms with Crippen LogP contribution in [0.15, 0.2) is 29.8 Å². The molecule has 3 nitrogen and oxygen atoms in total. The zero-order valence-corrected chi connectivity index (χ0v) is 13.2. The highest BCUT2D eigenvalue weighted by molar-refractivity contribution is 7.09. The first-order chi connectivity index (χ1) is 9.70. The minimum Gasteiger partial charge on any atom is -0.486 e. The van der Waals surface area contributed by atoms with Gasteiger partial charge in [-0.3, -0.25) is 0 Å². The molecule has 0 saturated carbocycles. The van der Waals surface area contributed by atoms with Gasteiger partial charge in [0.25, 0.3) is 0 Å². The molecule has 2 aromatic rings. The van der Waals surface area contributed by atoms with Crippen LogP contribution in [0.1, 0.15) is 42.4 Å². The number of ether oxygens (including phenoxy) is 1. The van der Waals surface area contributed by atoms with E-state index in [1.807, 2.05) is 11.6 Å². The van der Waals surface area contributed by atoms with Crippen LogP contribution in [0.3, 0.4) is 0 Å². The van der Waals surface area contributed by atoms with Crippen LogP contribution < -0.4 is 10.1 Å². The summed E-state index contributed by atoms with van der Waals surface area (Å²) in [5.74, 6) is 0.955. The summed E-state index contributed by atoms with van der Waals surface area (Å²) >= 11 is 1.62. The van der Waals surface area contributed by atoms with Crippen molar-refractivity contribution in [3.63, 3.8) is 0 Å². The predicted octanol–water partition coefficient (Wildman–Crippen LogP) is 4.09. The molecule has 0 spiro atoms. The van der Waals surface area contributed by atoms with Crippen LogP contribution in [0.5, 0.6) is 5.75 Å². The molecule has 1 aromatic carbocycles. The van der Waals surface area contributed by atoms with Crippen molar-refractivity contribution in [3.05, 3.63) is 45.9 Å². The Morgan fingerprint density at radius 1 is 1.40 bits per heavy atom. The normalized spacial score (nSPS) is 12.3. The maximum Gasteiger partial charge on any atom is 0.140 e. The largest absolute Gasteiger partial charge is 0.486 e. The summed E-state index contributed by atoms with van der Waals surface area (Å²) in [6, 6.07) is 6.68. The lowest BCUT2D eigenvalue weighted by Crippen LogP contribution is -2.20. The van der Waals surface area contributed by atoms with Crippen LogP contribution in [0.2, 0.25) is 0 Å². The summed E-state index contributed by atoms with van der Waals surface area (Å²) in [7, 11) is 0. The number of aromatic nitrogens is 1. The van der Waals surface area contributed by atoms with Crippen molar-refractivity contribution in [2.75, 3.05) is 6.54 Å². The molecule has 0 saturated heterocycles. The van der Waals surface area contributed by atoms with Gasteiger partial charge in [-0.25, -0.2) is 4.98 Å². The van der Waals surface area contributed by atoms with E-state index in [4.69, 9.17) is 4.74 Å². The molecule has 1 heterocycles. The van der Waals surface area contributed by atoms with Crippen LogP contribution in [0, 0.1) is 6.92 Å². The molecular formula is C16H22N2OS. The molecule has 0 aliphatic heterocycles. The predicted molar refractivity (Wildman–Crippen MR) is 84.3 cm³/mol. The summed E-state index contributed by atoms with van der Waals surface area (Å²) in [5, 5.41) is 6.49. The first-order valence-corrected chi connectivity index (χ1v) is 7.93. The molecule has 0 fully saturated rings.